The molecule has 3 aromatic heterocycles. The molecule has 0 fully saturated rings. The first kappa shape index (κ1) is 19.1. The van der Waals surface area contributed by atoms with Crippen molar-refractivity contribution in [3.63, 3.8) is 0 Å². The molecule has 0 aliphatic heterocycles. The van der Waals surface area contributed by atoms with Gasteiger partial charge >= 0.3 is 0 Å². The highest BCUT2D eigenvalue weighted by molar-refractivity contribution is 7.91. The fourth-order valence-corrected chi connectivity index (χ4v) is 4.44. The van der Waals surface area contributed by atoms with Crippen molar-refractivity contribution in [3.8, 4) is 17.1 Å². The molecule has 1 aromatic carbocycles. The van der Waals surface area contributed by atoms with E-state index < -0.39 is 10.0 Å². The number of hydrogen-bond acceptors (Lipinski definition) is 6. The van der Waals surface area contributed by atoms with Crippen molar-refractivity contribution in [1.29, 1.82) is 0 Å². The van der Waals surface area contributed by atoms with E-state index in [9.17, 15) is 13.2 Å². The number of amides is 1. The first-order valence-corrected chi connectivity index (χ1v) is 10.9. The molecule has 8 nitrogen and oxygen atoms in total. The fourth-order valence-electron chi connectivity index (χ4n) is 2.72. The number of thiophene rings is 1. The number of primary sulfonamides is 1. The summed E-state index contributed by atoms with van der Waals surface area (Å²) in [6.45, 7) is 0.162. The van der Waals surface area contributed by atoms with Gasteiger partial charge in [0.1, 0.15) is 15.6 Å². The second kappa shape index (κ2) is 7.66. The summed E-state index contributed by atoms with van der Waals surface area (Å²) in [6.07, 6.45) is 1.54. The quantitative estimate of drug-likeness (QED) is 0.489. The number of benzene rings is 1. The molecule has 0 radical (unpaired) electrons. The number of furan rings is 1. The molecule has 3 heterocycles. The summed E-state index contributed by atoms with van der Waals surface area (Å²) < 4.78 is 29.8. The number of nitrogens with zero attached hydrogens (tertiary/aromatic N) is 2. The predicted molar refractivity (Wildman–Crippen MR) is 108 cm³/mol. The van der Waals surface area contributed by atoms with E-state index in [1.54, 1.807) is 24.3 Å². The van der Waals surface area contributed by atoms with Crippen molar-refractivity contribution in [2.75, 3.05) is 0 Å². The molecule has 0 bridgehead atoms. The van der Waals surface area contributed by atoms with Crippen LogP contribution in [-0.4, -0.2) is 24.1 Å². The molecule has 10 heteroatoms. The highest BCUT2D eigenvalue weighted by Gasteiger charge is 2.19. The molecular formula is C19H16N4O4S2. The lowest BCUT2D eigenvalue weighted by Gasteiger charge is -2.07. The minimum atomic E-state index is -3.76. The zero-order chi connectivity index (χ0) is 20.4. The molecule has 0 aliphatic carbocycles. The number of nitrogens with two attached hydrogens (primary N) is 1. The normalized spacial score (nSPS) is 11.5. The van der Waals surface area contributed by atoms with Gasteiger partial charge in [-0.05, 0) is 36.4 Å². The van der Waals surface area contributed by atoms with Gasteiger partial charge < -0.3 is 9.73 Å². The van der Waals surface area contributed by atoms with E-state index in [2.05, 4.69) is 10.4 Å². The SMILES string of the molecule is NS(=O)(=O)c1ccc(CNC(=O)c2cc(-c3ccco3)nn2-c2ccccc2)s1. The third-order valence-electron chi connectivity index (χ3n) is 4.06. The summed E-state index contributed by atoms with van der Waals surface area (Å²) >= 11 is 1.02. The van der Waals surface area contributed by atoms with Crippen LogP contribution in [0.5, 0.6) is 0 Å². The molecular weight excluding hydrogens is 412 g/mol. The molecule has 3 N–H and O–H groups in total. The Morgan fingerprint density at radius 1 is 1.14 bits per heavy atom. The fraction of sp³-hybridized carbons (Fsp3) is 0.0526. The van der Waals surface area contributed by atoms with Gasteiger partial charge in [0.05, 0.1) is 18.5 Å². The van der Waals surface area contributed by atoms with Gasteiger partial charge in [0.15, 0.2) is 5.76 Å². The summed E-state index contributed by atoms with van der Waals surface area (Å²) in [6, 6.07) is 17.5. The largest absolute Gasteiger partial charge is 0.463 e. The van der Waals surface area contributed by atoms with Crippen LogP contribution in [0.1, 0.15) is 15.4 Å². The van der Waals surface area contributed by atoms with Crippen LogP contribution < -0.4 is 10.5 Å². The van der Waals surface area contributed by atoms with Gasteiger partial charge in [-0.1, -0.05) is 18.2 Å². The Labute approximate surface area is 170 Å². The van der Waals surface area contributed by atoms with Crippen molar-refractivity contribution in [2.45, 2.75) is 10.8 Å². The molecule has 0 saturated carbocycles. The molecule has 0 spiro atoms. The van der Waals surface area contributed by atoms with Crippen LogP contribution >= 0.6 is 11.3 Å². The van der Waals surface area contributed by atoms with Crippen LogP contribution in [0.4, 0.5) is 0 Å². The number of rotatable bonds is 6. The third kappa shape index (κ3) is 4.14. The minimum absolute atomic E-state index is 0.0520. The van der Waals surface area contributed by atoms with Gasteiger partial charge in [0.2, 0.25) is 10.0 Å². The lowest BCUT2D eigenvalue weighted by atomic mass is 10.2. The molecule has 0 saturated heterocycles. The van der Waals surface area contributed by atoms with E-state index in [1.807, 2.05) is 30.3 Å². The Morgan fingerprint density at radius 2 is 1.93 bits per heavy atom. The van der Waals surface area contributed by atoms with Crippen LogP contribution in [0.3, 0.4) is 0 Å². The predicted octanol–water partition coefficient (Wildman–Crippen LogP) is 2.77. The van der Waals surface area contributed by atoms with Crippen LogP contribution in [0.25, 0.3) is 17.1 Å². The van der Waals surface area contributed by atoms with Gasteiger partial charge in [0.25, 0.3) is 5.91 Å². The van der Waals surface area contributed by atoms with Gasteiger partial charge in [-0.15, -0.1) is 11.3 Å². The first-order chi connectivity index (χ1) is 13.9. The number of nitrogens with one attached hydrogen (secondary N) is 1. The minimum Gasteiger partial charge on any atom is -0.463 e. The average molecular weight is 428 g/mol. The Hall–Kier alpha value is -3.21. The van der Waals surface area contributed by atoms with Crippen LogP contribution in [0.2, 0.25) is 0 Å². The summed E-state index contributed by atoms with van der Waals surface area (Å²) in [7, 11) is -3.76. The van der Waals surface area contributed by atoms with Crippen LogP contribution in [0, 0.1) is 0 Å². The molecule has 148 valence electrons. The highest BCUT2D eigenvalue weighted by Crippen LogP contribution is 2.23. The van der Waals surface area contributed by atoms with E-state index in [0.29, 0.717) is 22.0 Å². The summed E-state index contributed by atoms with van der Waals surface area (Å²) in [5.41, 5.74) is 1.57. The van der Waals surface area contributed by atoms with E-state index in [1.165, 1.54) is 17.0 Å². The zero-order valence-corrected chi connectivity index (χ0v) is 16.6. The molecule has 4 rings (SSSR count). The maximum Gasteiger partial charge on any atom is 0.270 e. The van der Waals surface area contributed by atoms with Crippen molar-refractivity contribution >= 4 is 27.3 Å². The van der Waals surface area contributed by atoms with Gasteiger partial charge in [-0.25, -0.2) is 18.2 Å². The monoisotopic (exact) mass is 428 g/mol. The van der Waals surface area contributed by atoms with Crippen molar-refractivity contribution in [1.82, 2.24) is 15.1 Å². The zero-order valence-electron chi connectivity index (χ0n) is 15.0. The molecule has 0 unspecified atom stereocenters. The first-order valence-electron chi connectivity index (χ1n) is 8.51. The number of para-hydroxylation sites is 1. The van der Waals surface area contributed by atoms with Crippen molar-refractivity contribution < 1.29 is 17.6 Å². The average Bonchev–Trinajstić information content (AvgIpc) is 3.46. The van der Waals surface area contributed by atoms with Crippen LogP contribution in [-0.2, 0) is 16.6 Å². The maximum absolute atomic E-state index is 12.9. The van der Waals surface area contributed by atoms with Crippen molar-refractivity contribution in [2.24, 2.45) is 5.14 Å². The molecule has 0 aliphatic rings. The topological polar surface area (TPSA) is 120 Å². The number of carbonyl (C=O) groups excluding carboxylic acids is 1. The van der Waals surface area contributed by atoms with Crippen LogP contribution in [0.15, 0.2) is 75.6 Å². The Bertz CT molecular complexity index is 1240. The smallest absolute Gasteiger partial charge is 0.270 e. The number of sulfonamides is 1. The number of carbonyl (C=O) groups is 1. The Balaban J connectivity index is 1.61. The number of aromatic nitrogens is 2. The van der Waals surface area contributed by atoms with Crippen molar-refractivity contribution in [3.05, 3.63) is 77.5 Å². The van der Waals surface area contributed by atoms with E-state index >= 15 is 0 Å². The van der Waals surface area contributed by atoms with E-state index in [4.69, 9.17) is 9.56 Å². The maximum atomic E-state index is 12.9. The standard InChI is InChI=1S/C19H16N4O4S2/c20-29(25,26)18-9-8-14(28-18)12-21-19(24)16-11-15(17-7-4-10-27-17)22-23(16)13-5-2-1-3-6-13/h1-11H,12H2,(H,21,24)(H2,20,25,26). The van der Waals surface area contributed by atoms with Gasteiger partial charge in [-0.3, -0.25) is 4.79 Å². The summed E-state index contributed by atoms with van der Waals surface area (Å²) in [5, 5.41) is 12.4. The second-order valence-corrected chi connectivity index (χ2v) is 9.04. The lowest BCUT2D eigenvalue weighted by molar-refractivity contribution is 0.0943. The second-order valence-electron chi connectivity index (χ2n) is 6.09. The highest BCUT2D eigenvalue weighted by atomic mass is 32.2. The van der Waals surface area contributed by atoms with E-state index in [-0.39, 0.29) is 16.7 Å². The summed E-state index contributed by atoms with van der Waals surface area (Å²) in [4.78, 5) is 13.5. The molecule has 0 atom stereocenters. The molecule has 1 amide bonds. The van der Waals surface area contributed by atoms with E-state index in [0.717, 1.165) is 17.0 Å². The lowest BCUT2D eigenvalue weighted by Crippen LogP contribution is -2.25. The third-order valence-corrected chi connectivity index (χ3v) is 6.58. The Kier molecular flexibility index (Phi) is 5.05. The van der Waals surface area contributed by atoms with Gasteiger partial charge in [-0.2, -0.15) is 5.10 Å². The van der Waals surface area contributed by atoms with Gasteiger partial charge in [0, 0.05) is 10.9 Å². The summed E-state index contributed by atoms with van der Waals surface area (Å²) in [5.74, 6) is 0.189. The molecule has 4 aromatic rings. The number of hydrogen-bond donors (Lipinski definition) is 2. The Morgan fingerprint density at radius 3 is 2.59 bits per heavy atom. The molecule has 29 heavy (non-hydrogen) atoms.